The number of aliphatic hydroxyl groups is 1. The summed E-state index contributed by atoms with van der Waals surface area (Å²) < 4.78 is 0. The van der Waals surface area contributed by atoms with Gasteiger partial charge in [0.2, 0.25) is 0 Å². The fourth-order valence-electron chi connectivity index (χ4n) is 1.83. The second-order valence-electron chi connectivity index (χ2n) is 4.13. The Hall–Kier alpha value is -1.62. The first-order valence-corrected chi connectivity index (χ1v) is 6.28. The van der Waals surface area contributed by atoms with Gasteiger partial charge in [-0.25, -0.2) is 4.98 Å². The summed E-state index contributed by atoms with van der Waals surface area (Å²) in [6.07, 6.45) is 1.76. The highest BCUT2D eigenvalue weighted by molar-refractivity contribution is 5.95. The Balaban J connectivity index is 2.96. The summed E-state index contributed by atoms with van der Waals surface area (Å²) in [5, 5.41) is 8.93. The summed E-state index contributed by atoms with van der Waals surface area (Å²) >= 11 is 0. The zero-order valence-electron chi connectivity index (χ0n) is 11.0. The minimum absolute atomic E-state index is 0.0397. The normalized spacial score (nSPS) is 10.4. The first kappa shape index (κ1) is 14.4. The van der Waals surface area contributed by atoms with Crippen molar-refractivity contribution in [2.45, 2.75) is 26.7 Å². The average molecular weight is 251 g/mol. The summed E-state index contributed by atoms with van der Waals surface area (Å²) in [7, 11) is 0. The lowest BCUT2D eigenvalue weighted by molar-refractivity contribution is 0.0732. The first-order chi connectivity index (χ1) is 8.62. The number of rotatable bonds is 6. The molecule has 0 bridgehead atoms. The molecule has 100 valence electrons. The van der Waals surface area contributed by atoms with Gasteiger partial charge in [0.15, 0.2) is 0 Å². The second-order valence-corrected chi connectivity index (χ2v) is 4.13. The van der Waals surface area contributed by atoms with Crippen LogP contribution >= 0.6 is 0 Å². The number of likely N-dealkylation sites (N-methyl/N-ethyl adjacent to an activating group) is 1. The minimum atomic E-state index is -0.113. The van der Waals surface area contributed by atoms with Crippen molar-refractivity contribution < 1.29 is 9.90 Å². The second kappa shape index (κ2) is 6.96. The predicted octanol–water partition coefficient (Wildman–Crippen LogP) is 1.07. The van der Waals surface area contributed by atoms with Gasteiger partial charge < -0.3 is 15.7 Å². The number of aryl methyl sites for hydroxylation is 1. The van der Waals surface area contributed by atoms with E-state index in [4.69, 9.17) is 10.8 Å². The predicted molar refractivity (Wildman–Crippen MR) is 71.3 cm³/mol. The molecule has 0 spiro atoms. The molecule has 0 fully saturated rings. The molecule has 1 aromatic rings. The molecule has 1 aromatic heterocycles. The van der Waals surface area contributed by atoms with E-state index in [9.17, 15) is 4.79 Å². The van der Waals surface area contributed by atoms with Crippen LogP contribution in [0.3, 0.4) is 0 Å². The number of anilines is 1. The van der Waals surface area contributed by atoms with Gasteiger partial charge in [-0.15, -0.1) is 0 Å². The third-order valence-corrected chi connectivity index (χ3v) is 2.69. The Morgan fingerprint density at radius 1 is 1.44 bits per heavy atom. The van der Waals surface area contributed by atoms with E-state index in [0.29, 0.717) is 24.5 Å². The van der Waals surface area contributed by atoms with Gasteiger partial charge in [-0.1, -0.05) is 13.3 Å². The molecule has 0 unspecified atom stereocenters. The zero-order chi connectivity index (χ0) is 13.5. The van der Waals surface area contributed by atoms with Crippen LogP contribution in [-0.4, -0.2) is 40.6 Å². The molecule has 0 aliphatic carbocycles. The quantitative estimate of drug-likeness (QED) is 0.792. The molecule has 5 nitrogen and oxygen atoms in total. The summed E-state index contributed by atoms with van der Waals surface area (Å²) in [5.41, 5.74) is 7.09. The van der Waals surface area contributed by atoms with Crippen molar-refractivity contribution in [3.63, 3.8) is 0 Å². The zero-order valence-corrected chi connectivity index (χ0v) is 11.0. The topological polar surface area (TPSA) is 79.5 Å². The fourth-order valence-corrected chi connectivity index (χ4v) is 1.83. The lowest BCUT2D eigenvalue weighted by atomic mass is 10.1. The van der Waals surface area contributed by atoms with Crippen LogP contribution in [0.1, 0.15) is 36.3 Å². The Morgan fingerprint density at radius 3 is 2.72 bits per heavy atom. The molecule has 1 rings (SSSR count). The number of hydrogen-bond donors (Lipinski definition) is 2. The number of nitrogen functional groups attached to an aromatic ring is 1. The third kappa shape index (κ3) is 3.70. The number of amides is 1. The van der Waals surface area contributed by atoms with E-state index in [2.05, 4.69) is 11.9 Å². The molecular formula is C13H21N3O2. The van der Waals surface area contributed by atoms with Crippen molar-refractivity contribution in [1.82, 2.24) is 9.88 Å². The number of carbonyl (C=O) groups excluding carboxylic acids is 1. The lowest BCUT2D eigenvalue weighted by Gasteiger charge is -2.20. The number of nitrogens with two attached hydrogens (primary N) is 1. The Kier molecular flexibility index (Phi) is 5.58. The molecule has 5 heteroatoms. The molecule has 0 aromatic carbocycles. The van der Waals surface area contributed by atoms with E-state index in [1.807, 2.05) is 6.92 Å². The van der Waals surface area contributed by atoms with Crippen molar-refractivity contribution in [3.05, 3.63) is 23.4 Å². The molecule has 0 radical (unpaired) electrons. The molecule has 0 saturated carbocycles. The number of carbonyl (C=O) groups is 1. The van der Waals surface area contributed by atoms with Crippen LogP contribution in [0.2, 0.25) is 0 Å². The Labute approximate surface area is 108 Å². The van der Waals surface area contributed by atoms with Crippen LogP contribution in [0.25, 0.3) is 0 Å². The monoisotopic (exact) mass is 251 g/mol. The number of hydrogen-bond acceptors (Lipinski definition) is 4. The van der Waals surface area contributed by atoms with Crippen molar-refractivity contribution in [2.24, 2.45) is 0 Å². The van der Waals surface area contributed by atoms with Crippen molar-refractivity contribution in [1.29, 1.82) is 0 Å². The van der Waals surface area contributed by atoms with Crippen LogP contribution in [-0.2, 0) is 6.42 Å². The number of nitrogens with zero attached hydrogens (tertiary/aromatic N) is 2. The maximum Gasteiger partial charge on any atom is 0.254 e. The van der Waals surface area contributed by atoms with Crippen LogP contribution < -0.4 is 5.73 Å². The summed E-state index contributed by atoms with van der Waals surface area (Å²) in [5.74, 6) is 0.252. The van der Waals surface area contributed by atoms with Gasteiger partial charge in [-0.3, -0.25) is 4.79 Å². The minimum Gasteiger partial charge on any atom is -0.395 e. The van der Waals surface area contributed by atoms with Crippen molar-refractivity contribution in [3.8, 4) is 0 Å². The van der Waals surface area contributed by atoms with E-state index in [1.165, 1.54) is 0 Å². The molecule has 0 aliphatic rings. The van der Waals surface area contributed by atoms with E-state index in [-0.39, 0.29) is 12.5 Å². The summed E-state index contributed by atoms with van der Waals surface area (Å²) in [6.45, 7) is 4.79. The van der Waals surface area contributed by atoms with Crippen molar-refractivity contribution >= 4 is 11.7 Å². The van der Waals surface area contributed by atoms with Gasteiger partial charge >= 0.3 is 0 Å². The summed E-state index contributed by atoms with van der Waals surface area (Å²) in [4.78, 5) is 18.0. The van der Waals surface area contributed by atoms with Crippen LogP contribution in [0.15, 0.2) is 12.1 Å². The maximum atomic E-state index is 12.2. The third-order valence-electron chi connectivity index (χ3n) is 2.69. The SMILES string of the molecule is CCCc1cc(C(=O)N(CC)CCO)cc(N)n1. The lowest BCUT2D eigenvalue weighted by Crippen LogP contribution is -2.33. The average Bonchev–Trinajstić information content (AvgIpc) is 2.35. The van der Waals surface area contributed by atoms with E-state index < -0.39 is 0 Å². The van der Waals surface area contributed by atoms with Gasteiger partial charge in [0, 0.05) is 24.3 Å². The van der Waals surface area contributed by atoms with Gasteiger partial charge in [-0.2, -0.15) is 0 Å². The Morgan fingerprint density at radius 2 is 2.17 bits per heavy atom. The fraction of sp³-hybridized carbons (Fsp3) is 0.538. The maximum absolute atomic E-state index is 12.2. The van der Waals surface area contributed by atoms with Gasteiger partial charge in [0.05, 0.1) is 6.61 Å². The highest BCUT2D eigenvalue weighted by Crippen LogP contribution is 2.12. The molecule has 0 atom stereocenters. The molecule has 1 amide bonds. The number of aliphatic hydroxyl groups excluding tert-OH is 1. The molecule has 0 saturated heterocycles. The van der Waals surface area contributed by atoms with Gasteiger partial charge in [0.1, 0.15) is 5.82 Å². The summed E-state index contributed by atoms with van der Waals surface area (Å²) in [6, 6.07) is 3.36. The smallest absolute Gasteiger partial charge is 0.254 e. The molecule has 1 heterocycles. The van der Waals surface area contributed by atoms with Gasteiger partial charge in [0.25, 0.3) is 5.91 Å². The number of aromatic nitrogens is 1. The molecule has 18 heavy (non-hydrogen) atoms. The standard InChI is InChI=1S/C13H21N3O2/c1-3-5-11-8-10(9-12(14)15-11)13(18)16(4-2)6-7-17/h8-9,17H,3-7H2,1-2H3,(H2,14,15). The molecule has 3 N–H and O–H groups in total. The molecular weight excluding hydrogens is 230 g/mol. The van der Waals surface area contributed by atoms with Crippen molar-refractivity contribution in [2.75, 3.05) is 25.4 Å². The van der Waals surface area contributed by atoms with Gasteiger partial charge in [-0.05, 0) is 25.5 Å². The van der Waals surface area contributed by atoms with E-state index in [0.717, 1.165) is 18.5 Å². The highest BCUT2D eigenvalue weighted by atomic mass is 16.3. The molecule has 0 aliphatic heterocycles. The number of pyridine rings is 1. The van der Waals surface area contributed by atoms with Crippen LogP contribution in [0.4, 0.5) is 5.82 Å². The Bertz CT molecular complexity index is 407. The van der Waals surface area contributed by atoms with E-state index in [1.54, 1.807) is 17.0 Å². The largest absolute Gasteiger partial charge is 0.395 e. The van der Waals surface area contributed by atoms with Crippen LogP contribution in [0, 0.1) is 0 Å². The van der Waals surface area contributed by atoms with Crippen LogP contribution in [0.5, 0.6) is 0 Å². The first-order valence-electron chi connectivity index (χ1n) is 6.28. The highest BCUT2D eigenvalue weighted by Gasteiger charge is 2.15. The van der Waals surface area contributed by atoms with E-state index >= 15 is 0 Å².